The lowest BCUT2D eigenvalue weighted by molar-refractivity contribution is -0.117. The number of rotatable bonds is 3. The number of nitrogen functional groups attached to an aromatic ring is 1. The van der Waals surface area contributed by atoms with Crippen LogP contribution < -0.4 is 11.1 Å². The summed E-state index contributed by atoms with van der Waals surface area (Å²) in [6, 6.07) is 7.25. The van der Waals surface area contributed by atoms with Crippen molar-refractivity contribution in [1.29, 1.82) is 0 Å². The fraction of sp³-hybridized carbons (Fsp3) is 0.417. The minimum absolute atomic E-state index is 0.0301. The summed E-state index contributed by atoms with van der Waals surface area (Å²) in [5.41, 5.74) is 7.08. The van der Waals surface area contributed by atoms with Crippen LogP contribution in [-0.2, 0) is 4.79 Å². The monoisotopic (exact) mass is 251 g/mol. The fourth-order valence-electron chi connectivity index (χ4n) is 1.78. The van der Waals surface area contributed by atoms with Gasteiger partial charge in [-0.3, -0.25) is 9.69 Å². The van der Waals surface area contributed by atoms with Gasteiger partial charge in [0, 0.05) is 36.0 Å². The molecule has 1 heterocycles. The van der Waals surface area contributed by atoms with Gasteiger partial charge in [0.2, 0.25) is 5.91 Å². The molecule has 0 radical (unpaired) electrons. The van der Waals surface area contributed by atoms with E-state index in [1.807, 2.05) is 23.9 Å². The molecule has 4 nitrogen and oxygen atoms in total. The zero-order valence-corrected chi connectivity index (χ0v) is 10.5. The summed E-state index contributed by atoms with van der Waals surface area (Å²) in [5.74, 6) is 2.26. The minimum Gasteiger partial charge on any atom is -0.399 e. The molecule has 17 heavy (non-hydrogen) atoms. The van der Waals surface area contributed by atoms with Crippen molar-refractivity contribution in [2.75, 3.05) is 42.2 Å². The molecule has 0 atom stereocenters. The van der Waals surface area contributed by atoms with E-state index in [4.69, 9.17) is 5.73 Å². The molecule has 1 aromatic rings. The zero-order valence-electron chi connectivity index (χ0n) is 9.69. The Kier molecular flexibility index (Phi) is 4.28. The van der Waals surface area contributed by atoms with Crippen molar-refractivity contribution in [3.05, 3.63) is 24.3 Å². The molecule has 0 aromatic heterocycles. The third kappa shape index (κ3) is 3.94. The van der Waals surface area contributed by atoms with Crippen LogP contribution in [0.1, 0.15) is 0 Å². The van der Waals surface area contributed by atoms with Crippen molar-refractivity contribution in [2.45, 2.75) is 0 Å². The maximum absolute atomic E-state index is 11.8. The average molecular weight is 251 g/mol. The highest BCUT2D eigenvalue weighted by Gasteiger charge is 2.13. The van der Waals surface area contributed by atoms with Crippen molar-refractivity contribution in [3.8, 4) is 0 Å². The van der Waals surface area contributed by atoms with E-state index >= 15 is 0 Å². The summed E-state index contributed by atoms with van der Waals surface area (Å²) in [5, 5.41) is 2.86. The fourth-order valence-corrected chi connectivity index (χ4v) is 2.76. The summed E-state index contributed by atoms with van der Waals surface area (Å²) < 4.78 is 0. The van der Waals surface area contributed by atoms with E-state index in [1.54, 1.807) is 12.1 Å². The molecular weight excluding hydrogens is 234 g/mol. The Morgan fingerprint density at radius 2 is 2.18 bits per heavy atom. The van der Waals surface area contributed by atoms with Gasteiger partial charge in [0.05, 0.1) is 6.54 Å². The Morgan fingerprint density at radius 1 is 1.41 bits per heavy atom. The summed E-state index contributed by atoms with van der Waals surface area (Å²) in [4.78, 5) is 14.0. The van der Waals surface area contributed by atoms with Crippen molar-refractivity contribution < 1.29 is 4.79 Å². The summed E-state index contributed by atoms with van der Waals surface area (Å²) in [7, 11) is 0. The molecule has 0 spiro atoms. The van der Waals surface area contributed by atoms with Gasteiger partial charge in [-0.1, -0.05) is 6.07 Å². The lowest BCUT2D eigenvalue weighted by Crippen LogP contribution is -2.38. The predicted molar refractivity (Wildman–Crippen MR) is 73.2 cm³/mol. The van der Waals surface area contributed by atoms with E-state index in [0.29, 0.717) is 12.2 Å². The van der Waals surface area contributed by atoms with E-state index in [2.05, 4.69) is 10.2 Å². The van der Waals surface area contributed by atoms with Gasteiger partial charge in [0.1, 0.15) is 0 Å². The summed E-state index contributed by atoms with van der Waals surface area (Å²) >= 11 is 1.94. The number of anilines is 2. The largest absolute Gasteiger partial charge is 0.399 e. The van der Waals surface area contributed by atoms with E-state index in [9.17, 15) is 4.79 Å². The van der Waals surface area contributed by atoms with E-state index < -0.39 is 0 Å². The maximum atomic E-state index is 11.8. The second kappa shape index (κ2) is 5.93. The first-order valence-electron chi connectivity index (χ1n) is 5.69. The van der Waals surface area contributed by atoms with E-state index in [-0.39, 0.29) is 5.91 Å². The van der Waals surface area contributed by atoms with E-state index in [0.717, 1.165) is 30.3 Å². The summed E-state index contributed by atoms with van der Waals surface area (Å²) in [6.45, 7) is 2.46. The highest BCUT2D eigenvalue weighted by molar-refractivity contribution is 7.99. The molecule has 1 aliphatic rings. The topological polar surface area (TPSA) is 58.4 Å². The number of carbonyl (C=O) groups excluding carboxylic acids is 1. The number of nitrogens with one attached hydrogen (secondary N) is 1. The summed E-state index contributed by atoms with van der Waals surface area (Å²) in [6.07, 6.45) is 0. The van der Waals surface area contributed by atoms with Gasteiger partial charge >= 0.3 is 0 Å². The molecule has 0 bridgehead atoms. The number of hydrogen-bond donors (Lipinski definition) is 2. The third-order valence-electron chi connectivity index (χ3n) is 2.64. The molecule has 3 N–H and O–H groups in total. The molecular formula is C12H17N3OS. The highest BCUT2D eigenvalue weighted by atomic mass is 32.2. The van der Waals surface area contributed by atoms with E-state index in [1.165, 1.54) is 0 Å². The first kappa shape index (κ1) is 12.3. The van der Waals surface area contributed by atoms with Crippen LogP contribution >= 0.6 is 11.8 Å². The Morgan fingerprint density at radius 3 is 2.88 bits per heavy atom. The standard InChI is InChI=1S/C12H17N3OS/c13-10-2-1-3-11(8-10)14-12(16)9-15-4-6-17-7-5-15/h1-3,8H,4-7,9,13H2,(H,14,16). The van der Waals surface area contributed by atoms with Crippen LogP contribution in [0.25, 0.3) is 0 Å². The van der Waals surface area contributed by atoms with Crippen LogP contribution in [0.5, 0.6) is 0 Å². The number of benzene rings is 1. The van der Waals surface area contributed by atoms with Gasteiger partial charge in [-0.05, 0) is 18.2 Å². The number of nitrogens with two attached hydrogens (primary N) is 1. The van der Waals surface area contributed by atoms with Crippen molar-refractivity contribution in [1.82, 2.24) is 4.90 Å². The Bertz CT molecular complexity index is 391. The van der Waals surface area contributed by atoms with Gasteiger partial charge in [0.15, 0.2) is 0 Å². The first-order chi connectivity index (χ1) is 8.24. The molecule has 1 aliphatic heterocycles. The van der Waals surface area contributed by atoms with Crippen LogP contribution in [0.2, 0.25) is 0 Å². The predicted octanol–water partition coefficient (Wildman–Crippen LogP) is 1.26. The second-order valence-corrected chi connectivity index (χ2v) is 5.29. The van der Waals surface area contributed by atoms with Gasteiger partial charge in [-0.25, -0.2) is 0 Å². The van der Waals surface area contributed by atoms with Gasteiger partial charge in [-0.2, -0.15) is 11.8 Å². The molecule has 0 unspecified atom stereocenters. The number of amides is 1. The number of carbonyl (C=O) groups is 1. The SMILES string of the molecule is Nc1cccc(NC(=O)CN2CCSCC2)c1. The second-order valence-electron chi connectivity index (χ2n) is 4.06. The lowest BCUT2D eigenvalue weighted by atomic mass is 10.3. The van der Waals surface area contributed by atoms with Crippen LogP contribution in [-0.4, -0.2) is 41.9 Å². The van der Waals surface area contributed by atoms with Gasteiger partial charge < -0.3 is 11.1 Å². The molecule has 5 heteroatoms. The first-order valence-corrected chi connectivity index (χ1v) is 6.85. The van der Waals surface area contributed by atoms with Crippen molar-refractivity contribution in [3.63, 3.8) is 0 Å². The van der Waals surface area contributed by atoms with Crippen molar-refractivity contribution in [2.24, 2.45) is 0 Å². The maximum Gasteiger partial charge on any atom is 0.238 e. The molecule has 0 saturated carbocycles. The smallest absolute Gasteiger partial charge is 0.238 e. The van der Waals surface area contributed by atoms with Crippen LogP contribution in [0.4, 0.5) is 11.4 Å². The number of hydrogen-bond acceptors (Lipinski definition) is 4. The zero-order chi connectivity index (χ0) is 12.1. The molecule has 1 aromatic carbocycles. The molecule has 1 saturated heterocycles. The molecule has 92 valence electrons. The quantitative estimate of drug-likeness (QED) is 0.794. The Balaban J connectivity index is 1.84. The average Bonchev–Trinajstić information content (AvgIpc) is 2.30. The molecule has 1 amide bonds. The van der Waals surface area contributed by atoms with Crippen LogP contribution in [0.15, 0.2) is 24.3 Å². The normalized spacial score (nSPS) is 16.7. The Labute approximate surface area is 106 Å². The van der Waals surface area contributed by atoms with Gasteiger partial charge in [-0.15, -0.1) is 0 Å². The molecule has 1 fully saturated rings. The van der Waals surface area contributed by atoms with Crippen molar-refractivity contribution >= 4 is 29.0 Å². The third-order valence-corrected chi connectivity index (χ3v) is 3.58. The highest BCUT2D eigenvalue weighted by Crippen LogP contribution is 2.12. The van der Waals surface area contributed by atoms with Gasteiger partial charge in [0.25, 0.3) is 0 Å². The van der Waals surface area contributed by atoms with Crippen LogP contribution in [0.3, 0.4) is 0 Å². The Hall–Kier alpha value is -1.20. The van der Waals surface area contributed by atoms with Crippen LogP contribution in [0, 0.1) is 0 Å². The molecule has 0 aliphatic carbocycles. The molecule has 2 rings (SSSR count). The number of nitrogens with zero attached hydrogens (tertiary/aromatic N) is 1. The minimum atomic E-state index is 0.0301. The number of thioether (sulfide) groups is 1. The lowest BCUT2D eigenvalue weighted by Gasteiger charge is -2.25.